The van der Waals surface area contributed by atoms with Gasteiger partial charge < -0.3 is 25.6 Å². The van der Waals surface area contributed by atoms with Gasteiger partial charge in [-0.25, -0.2) is 22.9 Å². The van der Waals surface area contributed by atoms with Gasteiger partial charge >= 0.3 is 0 Å². The highest BCUT2D eigenvalue weighted by Gasteiger charge is 2.33. The van der Waals surface area contributed by atoms with Crippen molar-refractivity contribution in [3.8, 4) is 0 Å². The summed E-state index contributed by atoms with van der Waals surface area (Å²) in [6, 6.07) is 6.25. The molecule has 0 saturated carbocycles. The number of amides is 1. The molecule has 2 aromatic heterocycles. The van der Waals surface area contributed by atoms with E-state index in [4.69, 9.17) is 37.1 Å². The van der Waals surface area contributed by atoms with Gasteiger partial charge in [0.1, 0.15) is 5.82 Å². The molecule has 0 spiro atoms. The van der Waals surface area contributed by atoms with E-state index in [1.54, 1.807) is 15.5 Å². The molecule has 2 unspecified atom stereocenters. The fourth-order valence-corrected chi connectivity index (χ4v) is 8.00. The fourth-order valence-electron chi connectivity index (χ4n) is 7.25. The normalized spacial score (nSPS) is 20.0. The molecule has 1 aromatic carbocycles. The lowest BCUT2D eigenvalue weighted by Gasteiger charge is -2.35. The van der Waals surface area contributed by atoms with Crippen LogP contribution in [0.15, 0.2) is 35.5 Å². The van der Waals surface area contributed by atoms with E-state index in [1.807, 2.05) is 19.2 Å². The zero-order valence-electron chi connectivity index (χ0n) is 31.7. The largest absolute Gasteiger partial charge is 0.375 e. The number of guanidine groups is 1. The number of aryl methyl sites for hydroxylation is 1. The van der Waals surface area contributed by atoms with Crippen LogP contribution in [0, 0.1) is 6.92 Å². The minimum Gasteiger partial charge on any atom is -0.375 e. The van der Waals surface area contributed by atoms with Crippen molar-refractivity contribution in [1.29, 1.82) is 0 Å². The van der Waals surface area contributed by atoms with Gasteiger partial charge in [-0.2, -0.15) is 5.10 Å². The van der Waals surface area contributed by atoms with Crippen LogP contribution in [0.25, 0.3) is 5.65 Å². The number of ether oxygens (including phenoxy) is 1. The van der Waals surface area contributed by atoms with Gasteiger partial charge in [-0.3, -0.25) is 9.52 Å². The molecule has 4 N–H and O–H groups in total. The van der Waals surface area contributed by atoms with Gasteiger partial charge in [0, 0.05) is 54.6 Å². The number of likely N-dealkylation sites (tertiary alicyclic amines) is 1. The standard InChI is InChI=1S/C37H56ClN9O4S/c1-8-16-36(4,5)51-20-17-37(6,9-2)42-35(39)40-27-15-19-45(24-27)33-25(3)23-47-32(41-33)22-30(43-47)31-12-10-11-18-46(31)34(48)28-21-26(38)13-14-29(28)44-52(7,49)50/h13-14,21-23,27,31,44H,8-12,15-20,24H2,1-7H3,(H3,39,40,42)/t27?,31?,37-/m1/s1. The number of piperidine rings is 1. The van der Waals surface area contributed by atoms with E-state index < -0.39 is 10.0 Å². The number of nitrogens with one attached hydrogen (secondary N) is 2. The number of aromatic nitrogens is 3. The van der Waals surface area contributed by atoms with Crippen molar-refractivity contribution in [1.82, 2.24) is 24.8 Å². The number of nitrogens with two attached hydrogens (primary N) is 1. The van der Waals surface area contributed by atoms with Crippen LogP contribution >= 0.6 is 11.6 Å². The van der Waals surface area contributed by atoms with Crippen molar-refractivity contribution in [2.45, 2.75) is 116 Å². The average Bonchev–Trinajstić information content (AvgIpc) is 3.70. The Kier molecular flexibility index (Phi) is 12.3. The van der Waals surface area contributed by atoms with Crippen LogP contribution in [-0.2, 0) is 14.8 Å². The molecule has 0 radical (unpaired) electrons. The highest BCUT2D eigenvalue weighted by molar-refractivity contribution is 7.92. The summed E-state index contributed by atoms with van der Waals surface area (Å²) < 4.78 is 34.6. The van der Waals surface area contributed by atoms with Gasteiger partial charge in [0.05, 0.1) is 40.9 Å². The van der Waals surface area contributed by atoms with Gasteiger partial charge in [-0.05, 0) is 90.8 Å². The predicted molar refractivity (Wildman–Crippen MR) is 209 cm³/mol. The van der Waals surface area contributed by atoms with Gasteiger partial charge in [0.15, 0.2) is 11.6 Å². The molecule has 2 fully saturated rings. The summed E-state index contributed by atoms with van der Waals surface area (Å²) in [6.45, 7) is 15.5. The first kappa shape index (κ1) is 39.6. The Morgan fingerprint density at radius 1 is 1.13 bits per heavy atom. The van der Waals surface area contributed by atoms with Crippen molar-refractivity contribution in [3.63, 3.8) is 0 Å². The summed E-state index contributed by atoms with van der Waals surface area (Å²) in [4.78, 5) is 27.9. The Labute approximate surface area is 313 Å². The first-order valence-corrected chi connectivity index (χ1v) is 20.7. The molecule has 2 aliphatic heterocycles. The Balaban J connectivity index is 1.29. The molecular formula is C37H56ClN9O4S. The van der Waals surface area contributed by atoms with E-state index in [1.165, 1.54) is 12.1 Å². The summed E-state index contributed by atoms with van der Waals surface area (Å²) in [5, 5.41) is 8.71. The molecule has 4 heterocycles. The number of fused-ring (bicyclic) bond motifs is 1. The summed E-state index contributed by atoms with van der Waals surface area (Å²) in [6.07, 6.45) is 10.2. The van der Waals surface area contributed by atoms with E-state index in [0.717, 1.165) is 81.2 Å². The number of carbonyl (C=O) groups excluding carboxylic acids is 1. The zero-order valence-corrected chi connectivity index (χ0v) is 33.3. The number of rotatable bonds is 14. The van der Waals surface area contributed by atoms with Crippen LogP contribution in [-0.4, -0.2) is 89.5 Å². The first-order chi connectivity index (χ1) is 24.5. The molecule has 3 atom stereocenters. The van der Waals surface area contributed by atoms with Gasteiger partial charge in [-0.15, -0.1) is 0 Å². The number of aliphatic imine (C=N–C) groups is 1. The third kappa shape index (κ3) is 9.87. The molecular weight excluding hydrogens is 702 g/mol. The smallest absolute Gasteiger partial charge is 0.256 e. The van der Waals surface area contributed by atoms with Gasteiger partial charge in [0.25, 0.3) is 5.91 Å². The van der Waals surface area contributed by atoms with Crippen LogP contribution in [0.2, 0.25) is 5.02 Å². The Hall–Kier alpha value is -3.62. The van der Waals surface area contributed by atoms with E-state index in [-0.39, 0.29) is 40.4 Å². The third-order valence-electron chi connectivity index (χ3n) is 10.2. The van der Waals surface area contributed by atoms with E-state index >= 15 is 0 Å². The molecule has 5 rings (SSSR count). The van der Waals surface area contributed by atoms with Crippen LogP contribution in [0.3, 0.4) is 0 Å². The number of benzene rings is 1. The monoisotopic (exact) mass is 757 g/mol. The van der Waals surface area contributed by atoms with Gasteiger partial charge in [-0.1, -0.05) is 31.9 Å². The summed E-state index contributed by atoms with van der Waals surface area (Å²) in [7, 11) is -3.61. The summed E-state index contributed by atoms with van der Waals surface area (Å²) >= 11 is 6.27. The van der Waals surface area contributed by atoms with E-state index in [9.17, 15) is 13.2 Å². The quantitative estimate of drug-likeness (QED) is 0.131. The lowest BCUT2D eigenvalue weighted by Crippen LogP contribution is -2.50. The zero-order chi connectivity index (χ0) is 37.8. The number of nitrogens with zero attached hydrogens (tertiary/aromatic N) is 6. The average molecular weight is 758 g/mol. The maximum Gasteiger partial charge on any atom is 0.256 e. The number of halogens is 1. The molecule has 13 nitrogen and oxygen atoms in total. The molecule has 15 heteroatoms. The highest BCUT2D eigenvalue weighted by Crippen LogP contribution is 2.35. The lowest BCUT2D eigenvalue weighted by atomic mass is 9.94. The molecule has 2 saturated heterocycles. The predicted octanol–water partition coefficient (Wildman–Crippen LogP) is 6.07. The number of anilines is 2. The van der Waals surface area contributed by atoms with Crippen molar-refractivity contribution in [2.24, 2.45) is 10.7 Å². The van der Waals surface area contributed by atoms with Crippen molar-refractivity contribution < 1.29 is 17.9 Å². The Morgan fingerprint density at radius 2 is 1.90 bits per heavy atom. The van der Waals surface area contributed by atoms with Crippen molar-refractivity contribution in [2.75, 3.05) is 42.1 Å². The topological polar surface area (TPSA) is 160 Å². The number of sulfonamides is 1. The first-order valence-electron chi connectivity index (χ1n) is 18.5. The Morgan fingerprint density at radius 3 is 2.62 bits per heavy atom. The second-order valence-corrected chi connectivity index (χ2v) is 17.4. The van der Waals surface area contributed by atoms with Crippen LogP contribution in [0.5, 0.6) is 0 Å². The van der Waals surface area contributed by atoms with E-state index in [0.29, 0.717) is 36.3 Å². The highest BCUT2D eigenvalue weighted by atomic mass is 35.5. The van der Waals surface area contributed by atoms with E-state index in [2.05, 4.69) is 49.6 Å². The minimum atomic E-state index is -3.61. The third-order valence-corrected chi connectivity index (χ3v) is 11.1. The SMILES string of the molecule is CCCC(C)(C)OCC[C@@](C)(CC)NC(N)=NC1CCN(c2nc3cc(C4CCCCN4C(=O)c4cc(Cl)ccc4NS(C)(=O)=O)nn3cc2C)C1. The molecule has 0 aliphatic carbocycles. The second-order valence-electron chi connectivity index (χ2n) is 15.2. The fraction of sp³-hybridized carbons (Fsp3) is 0.622. The van der Waals surface area contributed by atoms with Crippen LogP contribution in [0.1, 0.15) is 114 Å². The molecule has 1 amide bonds. The maximum absolute atomic E-state index is 14.0. The van der Waals surface area contributed by atoms with Crippen molar-refractivity contribution in [3.05, 3.63) is 52.3 Å². The second kappa shape index (κ2) is 16.2. The van der Waals surface area contributed by atoms with Crippen molar-refractivity contribution >= 4 is 50.6 Å². The van der Waals surface area contributed by atoms with Gasteiger partial charge in [0.2, 0.25) is 10.0 Å². The molecule has 2 aliphatic rings. The lowest BCUT2D eigenvalue weighted by molar-refractivity contribution is -0.0314. The molecule has 0 bridgehead atoms. The maximum atomic E-state index is 14.0. The molecule has 286 valence electrons. The van der Waals surface area contributed by atoms with Crippen LogP contribution < -0.4 is 20.7 Å². The number of hydrogen-bond donors (Lipinski definition) is 3. The molecule has 52 heavy (non-hydrogen) atoms. The van der Waals surface area contributed by atoms with Crippen LogP contribution in [0.4, 0.5) is 11.5 Å². The Bertz CT molecular complexity index is 1880. The minimum absolute atomic E-state index is 0.0293. The number of hydrogen-bond acceptors (Lipinski definition) is 8. The summed E-state index contributed by atoms with van der Waals surface area (Å²) in [5.74, 6) is 1.02. The number of carbonyl (C=O) groups is 1. The summed E-state index contributed by atoms with van der Waals surface area (Å²) in [5.41, 5.74) is 8.92. The molecule has 3 aromatic rings.